The molecule has 6 nitrogen and oxygen atoms in total. The number of carbonyl (C=O) groups excluding carboxylic acids is 2. The Balaban J connectivity index is 1.40. The summed E-state index contributed by atoms with van der Waals surface area (Å²) in [4.78, 5) is 30.3. The number of halogens is 1. The highest BCUT2D eigenvalue weighted by molar-refractivity contribution is 5.99. The maximum atomic E-state index is 13.7. The van der Waals surface area contributed by atoms with E-state index in [1.165, 1.54) is 12.1 Å². The van der Waals surface area contributed by atoms with E-state index < -0.39 is 0 Å². The second-order valence-electron chi connectivity index (χ2n) is 8.99. The number of carbonyl (C=O) groups is 2. The van der Waals surface area contributed by atoms with Gasteiger partial charge in [0.05, 0.1) is 23.9 Å². The van der Waals surface area contributed by atoms with Crippen molar-refractivity contribution in [1.82, 2.24) is 14.4 Å². The van der Waals surface area contributed by atoms with E-state index in [1.54, 1.807) is 41.2 Å². The maximum Gasteiger partial charge on any atom is 0.257 e. The van der Waals surface area contributed by atoms with Gasteiger partial charge in [0.25, 0.3) is 11.8 Å². The fourth-order valence-corrected chi connectivity index (χ4v) is 4.84. The highest BCUT2D eigenvalue weighted by atomic mass is 19.1. The average Bonchev–Trinajstić information content (AvgIpc) is 3.30. The molecule has 1 aliphatic heterocycles. The predicted octanol–water partition coefficient (Wildman–Crippen LogP) is 5.20. The van der Waals surface area contributed by atoms with Gasteiger partial charge in [-0.2, -0.15) is 0 Å². The molecule has 7 heteroatoms. The number of methoxy groups -OCH3 is 1. The summed E-state index contributed by atoms with van der Waals surface area (Å²) in [6, 6.07) is 25.1. The van der Waals surface area contributed by atoms with Crippen LogP contribution in [-0.4, -0.2) is 59.5 Å². The Hall–Kier alpha value is -4.39. The average molecular weight is 498 g/mol. The Morgan fingerprint density at radius 1 is 0.757 bits per heavy atom. The molecule has 1 fully saturated rings. The van der Waals surface area contributed by atoms with Gasteiger partial charge in [0.1, 0.15) is 11.6 Å². The first-order valence-electron chi connectivity index (χ1n) is 12.2. The number of aromatic nitrogens is 1. The minimum Gasteiger partial charge on any atom is -0.496 e. The largest absolute Gasteiger partial charge is 0.496 e. The van der Waals surface area contributed by atoms with Crippen molar-refractivity contribution in [2.75, 3.05) is 33.3 Å². The number of ether oxygens (including phenoxy) is 1. The summed E-state index contributed by atoms with van der Waals surface area (Å²) >= 11 is 0. The highest BCUT2D eigenvalue weighted by Gasteiger charge is 2.29. The number of rotatable bonds is 5. The van der Waals surface area contributed by atoms with E-state index >= 15 is 0 Å². The van der Waals surface area contributed by atoms with Gasteiger partial charge in [0, 0.05) is 37.6 Å². The van der Waals surface area contributed by atoms with Crippen LogP contribution in [0.25, 0.3) is 16.9 Å². The fourth-order valence-electron chi connectivity index (χ4n) is 4.84. The summed E-state index contributed by atoms with van der Waals surface area (Å²) < 4.78 is 21.0. The molecule has 2 amide bonds. The third-order valence-electron chi connectivity index (χ3n) is 6.82. The third-order valence-corrected chi connectivity index (χ3v) is 6.82. The van der Waals surface area contributed by atoms with E-state index in [-0.39, 0.29) is 17.6 Å². The van der Waals surface area contributed by atoms with Crippen LogP contribution in [0.15, 0.2) is 84.9 Å². The molecule has 3 aromatic carbocycles. The summed E-state index contributed by atoms with van der Waals surface area (Å²) in [5.41, 5.74) is 4.47. The number of benzene rings is 3. The van der Waals surface area contributed by atoms with Gasteiger partial charge in [-0.25, -0.2) is 4.39 Å². The van der Waals surface area contributed by atoms with Crippen LogP contribution in [0.5, 0.6) is 5.75 Å². The van der Waals surface area contributed by atoms with E-state index in [9.17, 15) is 14.0 Å². The van der Waals surface area contributed by atoms with Gasteiger partial charge in [-0.1, -0.05) is 30.3 Å². The number of para-hydroxylation sites is 2. The van der Waals surface area contributed by atoms with Crippen LogP contribution >= 0.6 is 0 Å². The number of piperazine rings is 1. The topological polar surface area (TPSA) is 54.8 Å². The van der Waals surface area contributed by atoms with Crippen molar-refractivity contribution in [3.63, 3.8) is 0 Å². The Morgan fingerprint density at radius 3 is 1.95 bits per heavy atom. The molecule has 188 valence electrons. The van der Waals surface area contributed by atoms with Gasteiger partial charge in [0.2, 0.25) is 0 Å². The summed E-state index contributed by atoms with van der Waals surface area (Å²) in [7, 11) is 1.55. The Bertz CT molecular complexity index is 1420. The van der Waals surface area contributed by atoms with Crippen LogP contribution in [-0.2, 0) is 0 Å². The molecular weight excluding hydrogens is 469 g/mol. The number of hydrogen-bond donors (Lipinski definition) is 0. The van der Waals surface area contributed by atoms with Crippen molar-refractivity contribution in [1.29, 1.82) is 0 Å². The molecule has 37 heavy (non-hydrogen) atoms. The lowest BCUT2D eigenvalue weighted by molar-refractivity contribution is 0.0533. The zero-order chi connectivity index (χ0) is 25.9. The molecule has 0 saturated carbocycles. The van der Waals surface area contributed by atoms with Crippen molar-refractivity contribution >= 4 is 11.8 Å². The molecule has 1 saturated heterocycles. The van der Waals surface area contributed by atoms with E-state index in [1.807, 2.05) is 60.0 Å². The van der Waals surface area contributed by atoms with Crippen LogP contribution in [0.1, 0.15) is 26.4 Å². The Labute approximate surface area is 215 Å². The molecule has 0 N–H and O–H groups in total. The molecule has 0 radical (unpaired) electrons. The smallest absolute Gasteiger partial charge is 0.257 e. The van der Waals surface area contributed by atoms with Crippen molar-refractivity contribution in [3.8, 4) is 22.7 Å². The molecular formula is C30H28FN3O3. The van der Waals surface area contributed by atoms with E-state index in [0.29, 0.717) is 43.1 Å². The second kappa shape index (κ2) is 10.3. The predicted molar refractivity (Wildman–Crippen MR) is 141 cm³/mol. The van der Waals surface area contributed by atoms with Crippen molar-refractivity contribution in [3.05, 3.63) is 108 Å². The van der Waals surface area contributed by atoms with E-state index in [4.69, 9.17) is 4.74 Å². The molecule has 1 aliphatic rings. The number of nitrogens with zero attached hydrogens (tertiary/aromatic N) is 3. The van der Waals surface area contributed by atoms with Gasteiger partial charge < -0.3 is 19.1 Å². The minimum absolute atomic E-state index is 0.0834. The summed E-state index contributed by atoms with van der Waals surface area (Å²) in [5.74, 6) is 0.0434. The van der Waals surface area contributed by atoms with Gasteiger partial charge in [-0.15, -0.1) is 0 Å². The first-order chi connectivity index (χ1) is 18.0. The van der Waals surface area contributed by atoms with Crippen LogP contribution in [0.4, 0.5) is 4.39 Å². The fraction of sp³-hybridized carbons (Fsp3) is 0.200. The van der Waals surface area contributed by atoms with E-state index in [2.05, 4.69) is 0 Å². The van der Waals surface area contributed by atoms with Crippen LogP contribution in [0.2, 0.25) is 0 Å². The van der Waals surface area contributed by atoms with Crippen molar-refractivity contribution < 1.29 is 18.7 Å². The number of hydrogen-bond acceptors (Lipinski definition) is 3. The first kappa shape index (κ1) is 24.3. The van der Waals surface area contributed by atoms with Gasteiger partial charge in [0.15, 0.2) is 0 Å². The molecule has 0 spiro atoms. The molecule has 2 heterocycles. The Kier molecular flexibility index (Phi) is 6.77. The van der Waals surface area contributed by atoms with Gasteiger partial charge >= 0.3 is 0 Å². The highest BCUT2D eigenvalue weighted by Crippen LogP contribution is 2.31. The monoisotopic (exact) mass is 497 g/mol. The molecule has 4 aromatic rings. The molecule has 0 atom stereocenters. The molecule has 1 aromatic heterocycles. The lowest BCUT2D eigenvalue weighted by Gasteiger charge is -2.35. The van der Waals surface area contributed by atoms with Crippen LogP contribution in [0, 0.1) is 12.7 Å². The normalized spacial score (nSPS) is 13.5. The summed E-state index contributed by atoms with van der Waals surface area (Å²) in [6.07, 6.45) is 0. The third kappa shape index (κ3) is 4.72. The Morgan fingerprint density at radius 2 is 1.32 bits per heavy atom. The second-order valence-corrected chi connectivity index (χ2v) is 8.99. The molecule has 5 rings (SSSR count). The summed E-state index contributed by atoms with van der Waals surface area (Å²) in [6.45, 7) is 3.66. The van der Waals surface area contributed by atoms with E-state index in [0.717, 1.165) is 22.6 Å². The maximum absolute atomic E-state index is 13.7. The minimum atomic E-state index is -0.310. The lowest BCUT2D eigenvalue weighted by Crippen LogP contribution is -2.50. The zero-order valence-electron chi connectivity index (χ0n) is 20.9. The standard InChI is InChI=1S/C30H28FN3O3/c1-21-26(20-27(22-12-14-23(31)15-13-22)34(21)24-8-4-3-5-9-24)30(36)33-18-16-32(17-19-33)29(35)25-10-6-7-11-28(25)37-2/h3-15,20H,16-19H2,1-2H3. The van der Waals surface area contributed by atoms with Crippen molar-refractivity contribution in [2.45, 2.75) is 6.92 Å². The van der Waals surface area contributed by atoms with Gasteiger partial charge in [-0.05, 0) is 67.1 Å². The summed E-state index contributed by atoms with van der Waals surface area (Å²) in [5, 5.41) is 0. The molecule has 0 bridgehead atoms. The lowest BCUT2D eigenvalue weighted by atomic mass is 10.1. The molecule has 0 unspecified atom stereocenters. The number of amides is 2. The zero-order valence-corrected chi connectivity index (χ0v) is 20.9. The van der Waals surface area contributed by atoms with Crippen LogP contribution < -0.4 is 4.74 Å². The van der Waals surface area contributed by atoms with Crippen molar-refractivity contribution in [2.24, 2.45) is 0 Å². The SMILES string of the molecule is COc1ccccc1C(=O)N1CCN(C(=O)c2cc(-c3ccc(F)cc3)n(-c3ccccc3)c2C)CC1. The first-order valence-corrected chi connectivity index (χ1v) is 12.2. The van der Waals surface area contributed by atoms with Crippen LogP contribution in [0.3, 0.4) is 0 Å². The van der Waals surface area contributed by atoms with Gasteiger partial charge in [-0.3, -0.25) is 9.59 Å². The quantitative estimate of drug-likeness (QED) is 0.381. The molecule has 0 aliphatic carbocycles.